The molecule has 0 aromatic carbocycles. The Hall–Kier alpha value is -0.870. The van der Waals surface area contributed by atoms with Gasteiger partial charge in [0.2, 0.25) is 0 Å². The molecule has 0 saturated heterocycles. The summed E-state index contributed by atoms with van der Waals surface area (Å²) >= 11 is 0. The van der Waals surface area contributed by atoms with Crippen LogP contribution in [0.5, 0.6) is 0 Å². The molecule has 0 spiro atoms. The van der Waals surface area contributed by atoms with Gasteiger partial charge in [-0.2, -0.15) is 0 Å². The SMILES string of the molecule is C=CCCCN(CCOC)CC(=O)O. The molecule has 0 aliphatic heterocycles. The number of carboxylic acid groups (broad SMARTS) is 1. The fourth-order valence-electron chi connectivity index (χ4n) is 1.14. The second-order valence-electron chi connectivity index (χ2n) is 3.09. The van der Waals surface area contributed by atoms with Crippen LogP contribution in [0.1, 0.15) is 12.8 Å². The van der Waals surface area contributed by atoms with E-state index in [0.717, 1.165) is 19.4 Å². The first kappa shape index (κ1) is 13.1. The monoisotopic (exact) mass is 201 g/mol. The van der Waals surface area contributed by atoms with Crippen molar-refractivity contribution >= 4 is 5.97 Å². The number of ether oxygens (including phenoxy) is 1. The van der Waals surface area contributed by atoms with Gasteiger partial charge in [0, 0.05) is 13.7 Å². The molecule has 4 nitrogen and oxygen atoms in total. The molecule has 0 radical (unpaired) electrons. The number of rotatable bonds is 9. The Labute approximate surface area is 85.2 Å². The van der Waals surface area contributed by atoms with Crippen molar-refractivity contribution in [2.45, 2.75) is 12.8 Å². The first-order valence-corrected chi connectivity index (χ1v) is 4.74. The zero-order valence-corrected chi connectivity index (χ0v) is 8.74. The molecule has 0 bridgehead atoms. The molecule has 4 heteroatoms. The lowest BCUT2D eigenvalue weighted by Gasteiger charge is -2.19. The predicted octanol–water partition coefficient (Wildman–Crippen LogP) is 0.986. The van der Waals surface area contributed by atoms with Gasteiger partial charge in [-0.05, 0) is 19.4 Å². The van der Waals surface area contributed by atoms with Gasteiger partial charge >= 0.3 is 5.97 Å². The first-order chi connectivity index (χ1) is 6.70. The van der Waals surface area contributed by atoms with Crippen LogP contribution in [-0.2, 0) is 9.53 Å². The Bertz CT molecular complexity index is 171. The van der Waals surface area contributed by atoms with Crippen molar-refractivity contribution in [3.8, 4) is 0 Å². The molecule has 0 fully saturated rings. The van der Waals surface area contributed by atoms with Gasteiger partial charge in [0.25, 0.3) is 0 Å². The molecular weight excluding hydrogens is 182 g/mol. The number of hydrogen-bond donors (Lipinski definition) is 1. The highest BCUT2D eigenvalue weighted by Gasteiger charge is 2.07. The first-order valence-electron chi connectivity index (χ1n) is 4.74. The third-order valence-corrected chi connectivity index (χ3v) is 1.85. The highest BCUT2D eigenvalue weighted by atomic mass is 16.5. The molecule has 0 aliphatic carbocycles. The van der Waals surface area contributed by atoms with Gasteiger partial charge in [0.1, 0.15) is 0 Å². The zero-order valence-electron chi connectivity index (χ0n) is 8.74. The average molecular weight is 201 g/mol. The summed E-state index contributed by atoms with van der Waals surface area (Å²) in [5.74, 6) is -0.792. The van der Waals surface area contributed by atoms with Crippen molar-refractivity contribution in [2.75, 3.05) is 33.4 Å². The van der Waals surface area contributed by atoms with Crippen LogP contribution in [-0.4, -0.2) is 49.3 Å². The van der Waals surface area contributed by atoms with Gasteiger partial charge in [0.15, 0.2) is 0 Å². The third kappa shape index (κ3) is 7.76. The van der Waals surface area contributed by atoms with Gasteiger partial charge in [-0.15, -0.1) is 6.58 Å². The minimum Gasteiger partial charge on any atom is -0.480 e. The van der Waals surface area contributed by atoms with E-state index in [2.05, 4.69) is 6.58 Å². The Morgan fingerprint density at radius 3 is 2.79 bits per heavy atom. The summed E-state index contributed by atoms with van der Waals surface area (Å²) in [6.45, 7) is 5.72. The molecule has 0 saturated carbocycles. The second kappa shape index (κ2) is 8.72. The Morgan fingerprint density at radius 2 is 2.29 bits per heavy atom. The van der Waals surface area contributed by atoms with E-state index in [0.29, 0.717) is 13.2 Å². The fourth-order valence-corrected chi connectivity index (χ4v) is 1.14. The fraction of sp³-hybridized carbons (Fsp3) is 0.700. The number of allylic oxidation sites excluding steroid dienone is 1. The molecule has 0 heterocycles. The molecule has 0 aliphatic rings. The van der Waals surface area contributed by atoms with E-state index in [1.807, 2.05) is 11.0 Å². The Kier molecular flexibility index (Phi) is 8.17. The van der Waals surface area contributed by atoms with Crippen molar-refractivity contribution in [3.63, 3.8) is 0 Å². The molecule has 1 N–H and O–H groups in total. The molecule has 0 aromatic rings. The maximum atomic E-state index is 10.5. The summed E-state index contributed by atoms with van der Waals surface area (Å²) in [5, 5.41) is 8.64. The summed E-state index contributed by atoms with van der Waals surface area (Å²) in [6.07, 6.45) is 3.71. The van der Waals surface area contributed by atoms with Crippen LogP contribution in [0.15, 0.2) is 12.7 Å². The summed E-state index contributed by atoms with van der Waals surface area (Å²) in [4.78, 5) is 12.4. The van der Waals surface area contributed by atoms with E-state index in [9.17, 15) is 4.79 Å². The molecule has 0 atom stereocenters. The predicted molar refractivity (Wildman–Crippen MR) is 55.4 cm³/mol. The number of carbonyl (C=O) groups is 1. The number of unbranched alkanes of at least 4 members (excludes halogenated alkanes) is 1. The number of nitrogens with zero attached hydrogens (tertiary/aromatic N) is 1. The van der Waals surface area contributed by atoms with Gasteiger partial charge < -0.3 is 9.84 Å². The smallest absolute Gasteiger partial charge is 0.317 e. The average Bonchev–Trinajstić information content (AvgIpc) is 2.13. The quantitative estimate of drug-likeness (QED) is 0.446. The Morgan fingerprint density at radius 1 is 1.57 bits per heavy atom. The number of hydrogen-bond acceptors (Lipinski definition) is 3. The molecule has 0 rings (SSSR count). The van der Waals surface area contributed by atoms with Crippen molar-refractivity contribution < 1.29 is 14.6 Å². The van der Waals surface area contributed by atoms with E-state index in [1.165, 1.54) is 0 Å². The number of aliphatic carboxylic acids is 1. The summed E-state index contributed by atoms with van der Waals surface area (Å²) in [5.41, 5.74) is 0. The van der Waals surface area contributed by atoms with Gasteiger partial charge in [-0.25, -0.2) is 0 Å². The summed E-state index contributed by atoms with van der Waals surface area (Å²) in [6, 6.07) is 0. The largest absolute Gasteiger partial charge is 0.480 e. The lowest BCUT2D eigenvalue weighted by molar-refractivity contribution is -0.138. The topological polar surface area (TPSA) is 49.8 Å². The van der Waals surface area contributed by atoms with E-state index in [-0.39, 0.29) is 6.54 Å². The number of methoxy groups -OCH3 is 1. The molecule has 14 heavy (non-hydrogen) atoms. The van der Waals surface area contributed by atoms with Crippen LogP contribution in [0.2, 0.25) is 0 Å². The minimum atomic E-state index is -0.792. The van der Waals surface area contributed by atoms with Crippen LogP contribution in [0, 0.1) is 0 Å². The lowest BCUT2D eigenvalue weighted by atomic mass is 10.3. The van der Waals surface area contributed by atoms with Crippen LogP contribution in [0.3, 0.4) is 0 Å². The zero-order chi connectivity index (χ0) is 10.8. The maximum Gasteiger partial charge on any atom is 0.317 e. The molecule has 0 aromatic heterocycles. The van der Waals surface area contributed by atoms with Gasteiger partial charge in [-0.1, -0.05) is 6.08 Å². The second-order valence-corrected chi connectivity index (χ2v) is 3.09. The van der Waals surface area contributed by atoms with Gasteiger partial charge in [-0.3, -0.25) is 9.69 Å². The van der Waals surface area contributed by atoms with Crippen molar-refractivity contribution in [1.29, 1.82) is 0 Å². The Balaban J connectivity index is 3.71. The van der Waals surface area contributed by atoms with Crippen molar-refractivity contribution in [3.05, 3.63) is 12.7 Å². The van der Waals surface area contributed by atoms with Crippen LogP contribution < -0.4 is 0 Å². The minimum absolute atomic E-state index is 0.0838. The van der Waals surface area contributed by atoms with Crippen molar-refractivity contribution in [1.82, 2.24) is 4.90 Å². The third-order valence-electron chi connectivity index (χ3n) is 1.85. The molecular formula is C10H19NO3. The normalized spacial score (nSPS) is 10.4. The maximum absolute atomic E-state index is 10.5. The molecule has 0 unspecified atom stereocenters. The van der Waals surface area contributed by atoms with Crippen LogP contribution >= 0.6 is 0 Å². The number of carboxylic acids is 1. The highest BCUT2D eigenvalue weighted by molar-refractivity contribution is 5.69. The summed E-state index contributed by atoms with van der Waals surface area (Å²) < 4.78 is 4.91. The lowest BCUT2D eigenvalue weighted by Crippen LogP contribution is -2.33. The van der Waals surface area contributed by atoms with Crippen LogP contribution in [0.25, 0.3) is 0 Å². The standard InChI is InChI=1S/C10H19NO3/c1-3-4-5-6-11(7-8-14-2)9-10(12)13/h3H,1,4-9H2,2H3,(H,12,13). The summed E-state index contributed by atoms with van der Waals surface area (Å²) in [7, 11) is 1.61. The van der Waals surface area contributed by atoms with Crippen LogP contribution in [0.4, 0.5) is 0 Å². The van der Waals surface area contributed by atoms with E-state index in [4.69, 9.17) is 9.84 Å². The van der Waals surface area contributed by atoms with Crippen molar-refractivity contribution in [2.24, 2.45) is 0 Å². The molecule has 0 amide bonds. The molecule has 82 valence electrons. The van der Waals surface area contributed by atoms with E-state index < -0.39 is 5.97 Å². The van der Waals surface area contributed by atoms with E-state index >= 15 is 0 Å². The highest BCUT2D eigenvalue weighted by Crippen LogP contribution is 1.96. The van der Waals surface area contributed by atoms with Gasteiger partial charge in [0.05, 0.1) is 13.2 Å². The van der Waals surface area contributed by atoms with E-state index in [1.54, 1.807) is 7.11 Å².